The lowest BCUT2D eigenvalue weighted by Crippen LogP contribution is -1.94. The summed E-state index contributed by atoms with van der Waals surface area (Å²) in [5, 5.41) is 0. The summed E-state index contributed by atoms with van der Waals surface area (Å²) < 4.78 is 0. The van der Waals surface area contributed by atoms with Gasteiger partial charge in [-0.3, -0.25) is 4.79 Å². The molecule has 0 aliphatic heterocycles. The van der Waals surface area contributed by atoms with Crippen LogP contribution in [0, 0.1) is 0 Å². The van der Waals surface area contributed by atoms with E-state index in [1.165, 1.54) is 141 Å². The van der Waals surface area contributed by atoms with E-state index < -0.39 is 0 Å². The third kappa shape index (κ3) is 25.6. The van der Waals surface area contributed by atoms with Crippen molar-refractivity contribution in [3.05, 3.63) is 0 Å². The first kappa shape index (κ1) is 28.7. The first-order valence-corrected chi connectivity index (χ1v) is 13.8. The predicted molar refractivity (Wildman–Crippen MR) is 132 cm³/mol. The van der Waals surface area contributed by atoms with Gasteiger partial charge in [-0.1, -0.05) is 155 Å². The van der Waals surface area contributed by atoms with Crippen LogP contribution >= 0.6 is 0 Å². The quantitative estimate of drug-likeness (QED) is 0.137. The van der Waals surface area contributed by atoms with Gasteiger partial charge < -0.3 is 0 Å². The Bertz CT molecular complexity index is 309. The summed E-state index contributed by atoms with van der Waals surface area (Å²) in [6.07, 6.45) is 34.2. The van der Waals surface area contributed by atoms with Gasteiger partial charge in [-0.15, -0.1) is 0 Å². The molecule has 0 aromatic carbocycles. The molecular formula is C28H56O. The van der Waals surface area contributed by atoms with Crippen molar-refractivity contribution in [2.45, 2.75) is 174 Å². The Hall–Kier alpha value is -0.330. The Balaban J connectivity index is 3.01. The van der Waals surface area contributed by atoms with Crippen LogP contribution in [0.5, 0.6) is 0 Å². The van der Waals surface area contributed by atoms with Gasteiger partial charge in [-0.25, -0.2) is 0 Å². The number of hydrogen-bond donors (Lipinski definition) is 0. The summed E-state index contributed by atoms with van der Waals surface area (Å²) in [4.78, 5) is 11.2. The molecule has 0 atom stereocenters. The van der Waals surface area contributed by atoms with Crippen molar-refractivity contribution in [3.8, 4) is 0 Å². The average molecular weight is 409 g/mol. The standard InChI is InChI=1S/C28H56O/c1-3-5-6-7-8-9-10-11-12-13-14-15-16-17-18-19-20-21-22-23-24-25-26-27-28(29)4-2/h3-27H2,1-2H3. The van der Waals surface area contributed by atoms with Crippen LogP contribution in [0.1, 0.15) is 174 Å². The van der Waals surface area contributed by atoms with Crippen molar-refractivity contribution < 1.29 is 4.79 Å². The Labute approximate surface area is 185 Å². The highest BCUT2D eigenvalue weighted by atomic mass is 16.1. The molecule has 0 rings (SSSR count). The number of unbranched alkanes of at least 4 members (excludes halogenated alkanes) is 22. The maximum atomic E-state index is 11.2. The Kier molecular flexibility index (Phi) is 25.4. The van der Waals surface area contributed by atoms with E-state index in [4.69, 9.17) is 0 Å². The number of Topliss-reactive ketones (excluding diaryl/α,β-unsaturated/α-hetero) is 1. The molecule has 0 bridgehead atoms. The van der Waals surface area contributed by atoms with Crippen LogP contribution in [0.15, 0.2) is 0 Å². The van der Waals surface area contributed by atoms with Crippen molar-refractivity contribution in [1.82, 2.24) is 0 Å². The van der Waals surface area contributed by atoms with Gasteiger partial charge in [0.15, 0.2) is 0 Å². The van der Waals surface area contributed by atoms with Crippen molar-refractivity contribution >= 4 is 5.78 Å². The molecule has 174 valence electrons. The Morgan fingerprint density at radius 3 is 0.862 bits per heavy atom. The van der Waals surface area contributed by atoms with Crippen LogP contribution in [0.3, 0.4) is 0 Å². The van der Waals surface area contributed by atoms with Gasteiger partial charge in [0, 0.05) is 12.8 Å². The highest BCUT2D eigenvalue weighted by molar-refractivity contribution is 5.77. The fraction of sp³-hybridized carbons (Fsp3) is 0.964. The predicted octanol–water partition coefficient (Wildman–Crippen LogP) is 10.3. The topological polar surface area (TPSA) is 17.1 Å². The van der Waals surface area contributed by atoms with Gasteiger partial charge in [-0.05, 0) is 6.42 Å². The minimum atomic E-state index is 0.438. The second kappa shape index (κ2) is 25.7. The zero-order valence-electron chi connectivity index (χ0n) is 20.6. The van der Waals surface area contributed by atoms with E-state index in [-0.39, 0.29) is 0 Å². The lowest BCUT2D eigenvalue weighted by atomic mass is 10.0. The van der Waals surface area contributed by atoms with E-state index in [1.54, 1.807) is 0 Å². The molecule has 0 aromatic rings. The minimum absolute atomic E-state index is 0.438. The van der Waals surface area contributed by atoms with E-state index in [9.17, 15) is 4.79 Å². The number of carbonyl (C=O) groups is 1. The molecule has 0 aliphatic rings. The molecular weight excluding hydrogens is 352 g/mol. The van der Waals surface area contributed by atoms with E-state index in [0.717, 1.165) is 19.3 Å². The maximum Gasteiger partial charge on any atom is 0.132 e. The monoisotopic (exact) mass is 408 g/mol. The number of rotatable bonds is 25. The molecule has 0 N–H and O–H groups in total. The maximum absolute atomic E-state index is 11.2. The lowest BCUT2D eigenvalue weighted by molar-refractivity contribution is -0.118. The summed E-state index contributed by atoms with van der Waals surface area (Å²) in [5.41, 5.74) is 0. The third-order valence-corrected chi connectivity index (χ3v) is 6.45. The molecule has 0 radical (unpaired) electrons. The summed E-state index contributed by atoms with van der Waals surface area (Å²) in [5.74, 6) is 0.438. The zero-order valence-corrected chi connectivity index (χ0v) is 20.6. The van der Waals surface area contributed by atoms with Crippen LogP contribution in [0.4, 0.5) is 0 Å². The van der Waals surface area contributed by atoms with E-state index in [1.807, 2.05) is 6.92 Å². The Morgan fingerprint density at radius 2 is 0.621 bits per heavy atom. The van der Waals surface area contributed by atoms with Gasteiger partial charge >= 0.3 is 0 Å². The smallest absolute Gasteiger partial charge is 0.132 e. The molecule has 0 aliphatic carbocycles. The van der Waals surface area contributed by atoms with Crippen molar-refractivity contribution in [2.24, 2.45) is 0 Å². The average Bonchev–Trinajstić information content (AvgIpc) is 2.74. The highest BCUT2D eigenvalue weighted by Crippen LogP contribution is 2.15. The molecule has 29 heavy (non-hydrogen) atoms. The van der Waals surface area contributed by atoms with Gasteiger partial charge in [0.1, 0.15) is 5.78 Å². The second-order valence-corrected chi connectivity index (χ2v) is 9.42. The molecule has 1 nitrogen and oxygen atoms in total. The normalized spacial score (nSPS) is 11.2. The molecule has 0 heterocycles. The van der Waals surface area contributed by atoms with E-state index >= 15 is 0 Å². The van der Waals surface area contributed by atoms with Crippen molar-refractivity contribution in [1.29, 1.82) is 0 Å². The first-order chi connectivity index (χ1) is 14.3. The fourth-order valence-corrected chi connectivity index (χ4v) is 4.28. The molecule has 0 fully saturated rings. The van der Waals surface area contributed by atoms with Crippen molar-refractivity contribution in [3.63, 3.8) is 0 Å². The van der Waals surface area contributed by atoms with E-state index in [2.05, 4.69) is 6.92 Å². The SMILES string of the molecule is CCCCCCCCCCCCCCCCCCCCCCCCCC(=O)CC. The Morgan fingerprint density at radius 1 is 0.379 bits per heavy atom. The van der Waals surface area contributed by atoms with E-state index in [0.29, 0.717) is 5.78 Å². The number of hydrogen-bond acceptors (Lipinski definition) is 1. The first-order valence-electron chi connectivity index (χ1n) is 13.8. The molecule has 0 spiro atoms. The summed E-state index contributed by atoms with van der Waals surface area (Å²) >= 11 is 0. The van der Waals surface area contributed by atoms with Gasteiger partial charge in [-0.2, -0.15) is 0 Å². The van der Waals surface area contributed by atoms with Crippen LogP contribution in [-0.4, -0.2) is 5.78 Å². The number of carbonyl (C=O) groups excluding carboxylic acids is 1. The lowest BCUT2D eigenvalue weighted by Gasteiger charge is -2.04. The van der Waals surface area contributed by atoms with Crippen molar-refractivity contribution in [2.75, 3.05) is 0 Å². The molecule has 1 heteroatoms. The van der Waals surface area contributed by atoms with Gasteiger partial charge in [0.05, 0.1) is 0 Å². The van der Waals surface area contributed by atoms with Crippen LogP contribution < -0.4 is 0 Å². The molecule has 0 amide bonds. The molecule has 0 aromatic heterocycles. The minimum Gasteiger partial charge on any atom is -0.300 e. The molecule has 0 saturated heterocycles. The van der Waals surface area contributed by atoms with Gasteiger partial charge in [0.2, 0.25) is 0 Å². The largest absolute Gasteiger partial charge is 0.300 e. The van der Waals surface area contributed by atoms with Crippen LogP contribution in [0.2, 0.25) is 0 Å². The second-order valence-electron chi connectivity index (χ2n) is 9.42. The fourth-order valence-electron chi connectivity index (χ4n) is 4.28. The third-order valence-electron chi connectivity index (χ3n) is 6.45. The van der Waals surface area contributed by atoms with Gasteiger partial charge in [0.25, 0.3) is 0 Å². The molecule has 0 saturated carbocycles. The molecule has 0 unspecified atom stereocenters. The highest BCUT2D eigenvalue weighted by Gasteiger charge is 1.98. The number of ketones is 1. The summed E-state index contributed by atoms with van der Waals surface area (Å²) in [6.45, 7) is 4.27. The zero-order chi connectivity index (χ0) is 21.3. The summed E-state index contributed by atoms with van der Waals surface area (Å²) in [6, 6.07) is 0. The van der Waals surface area contributed by atoms with Crippen LogP contribution in [-0.2, 0) is 4.79 Å². The summed E-state index contributed by atoms with van der Waals surface area (Å²) in [7, 11) is 0. The van der Waals surface area contributed by atoms with Crippen LogP contribution in [0.25, 0.3) is 0 Å².